The van der Waals surface area contributed by atoms with Crippen LogP contribution in [0.15, 0.2) is 36.7 Å². The summed E-state index contributed by atoms with van der Waals surface area (Å²) < 4.78 is 6.93. The zero-order chi connectivity index (χ0) is 19.7. The maximum Gasteiger partial charge on any atom is 0.326 e. The largest absolute Gasteiger partial charge is 0.494 e. The van der Waals surface area contributed by atoms with Gasteiger partial charge in [0.25, 0.3) is 5.91 Å². The van der Waals surface area contributed by atoms with Crippen molar-refractivity contribution in [1.29, 1.82) is 0 Å². The number of carboxylic acids is 1. The first-order valence-corrected chi connectivity index (χ1v) is 9.46. The lowest BCUT2D eigenvalue weighted by Crippen LogP contribution is -2.41. The van der Waals surface area contributed by atoms with Crippen molar-refractivity contribution in [3.05, 3.63) is 42.2 Å². The maximum absolute atomic E-state index is 13.1. The van der Waals surface area contributed by atoms with Crippen molar-refractivity contribution in [3.8, 4) is 11.4 Å². The number of amides is 1. The molecule has 2 N–H and O–H groups in total. The van der Waals surface area contributed by atoms with Crippen LogP contribution in [0.25, 0.3) is 5.69 Å². The van der Waals surface area contributed by atoms with Crippen molar-refractivity contribution < 1.29 is 19.4 Å². The number of carboxylic acid groups (broad SMARTS) is 1. The smallest absolute Gasteiger partial charge is 0.326 e. The van der Waals surface area contributed by atoms with Gasteiger partial charge in [-0.3, -0.25) is 4.79 Å². The van der Waals surface area contributed by atoms with Gasteiger partial charge in [0.2, 0.25) is 0 Å². The Kier molecular flexibility index (Phi) is 4.80. The number of aromatic nitrogens is 2. The van der Waals surface area contributed by atoms with E-state index in [0.717, 1.165) is 31.6 Å². The molecular weight excluding hydrogens is 360 g/mol. The first-order chi connectivity index (χ1) is 13.5. The fourth-order valence-corrected chi connectivity index (χ4v) is 4.36. The highest BCUT2D eigenvalue weighted by Gasteiger charge is 2.49. The fraction of sp³-hybridized carbons (Fsp3) is 0.450. The predicted octanol–water partition coefficient (Wildman–Crippen LogP) is 1.55. The minimum absolute atomic E-state index is 0.109. The molecule has 1 aromatic heterocycles. The highest BCUT2D eigenvalue weighted by atomic mass is 16.5. The summed E-state index contributed by atoms with van der Waals surface area (Å²) in [7, 11) is 1.58. The zero-order valence-corrected chi connectivity index (χ0v) is 15.8. The predicted molar refractivity (Wildman–Crippen MR) is 102 cm³/mol. The third-order valence-electron chi connectivity index (χ3n) is 5.88. The Morgan fingerprint density at radius 2 is 2.04 bits per heavy atom. The van der Waals surface area contributed by atoms with Gasteiger partial charge in [0.05, 0.1) is 18.9 Å². The molecule has 2 aliphatic heterocycles. The molecule has 28 heavy (non-hydrogen) atoms. The number of hydrogen-bond acceptors (Lipinski definition) is 5. The number of aliphatic carboxylic acids is 1. The Morgan fingerprint density at radius 1 is 1.29 bits per heavy atom. The van der Waals surface area contributed by atoms with Crippen molar-refractivity contribution in [2.45, 2.75) is 25.3 Å². The van der Waals surface area contributed by atoms with Crippen LogP contribution in [-0.2, 0) is 4.79 Å². The molecule has 3 heterocycles. The molecule has 148 valence electrons. The van der Waals surface area contributed by atoms with Crippen LogP contribution in [0, 0.1) is 5.41 Å². The van der Waals surface area contributed by atoms with Crippen molar-refractivity contribution in [1.82, 2.24) is 20.0 Å². The van der Waals surface area contributed by atoms with E-state index >= 15 is 0 Å². The van der Waals surface area contributed by atoms with Gasteiger partial charge in [-0.2, -0.15) is 5.10 Å². The van der Waals surface area contributed by atoms with E-state index in [1.165, 1.54) is 11.1 Å². The molecular formula is C20H24N4O4. The molecule has 0 bridgehead atoms. The highest BCUT2D eigenvalue weighted by Crippen LogP contribution is 2.42. The lowest BCUT2D eigenvalue weighted by atomic mass is 9.77. The standard InChI is InChI=1S/C20H24N4O4/c1-28-17-5-3-2-4-15(17)24-12-14(11-22-24)18(25)23-13-20(6-8-21-9-7-20)10-16(23)19(26)27/h2-5,11-12,16,21H,6-10,13H2,1H3,(H,26,27)/t16-/m1/s1. The minimum atomic E-state index is -0.944. The number of rotatable bonds is 4. The van der Waals surface area contributed by atoms with Crippen LogP contribution in [0.2, 0.25) is 0 Å². The van der Waals surface area contributed by atoms with E-state index in [2.05, 4.69) is 10.4 Å². The summed E-state index contributed by atoms with van der Waals surface area (Å²) in [6.45, 7) is 2.20. The maximum atomic E-state index is 13.1. The van der Waals surface area contributed by atoms with Gasteiger partial charge in [0, 0.05) is 12.7 Å². The number of nitrogens with one attached hydrogen (secondary N) is 1. The van der Waals surface area contributed by atoms with Crippen LogP contribution in [0.1, 0.15) is 29.6 Å². The average Bonchev–Trinajstić information content (AvgIpc) is 3.34. The first kappa shape index (κ1) is 18.5. The number of piperidine rings is 1. The zero-order valence-electron chi connectivity index (χ0n) is 15.8. The van der Waals surface area contributed by atoms with Crippen molar-refractivity contribution in [2.75, 3.05) is 26.7 Å². The quantitative estimate of drug-likeness (QED) is 0.830. The number of carbonyl (C=O) groups excluding carboxylic acids is 1. The lowest BCUT2D eigenvalue weighted by Gasteiger charge is -2.33. The summed E-state index contributed by atoms with van der Waals surface area (Å²) in [4.78, 5) is 26.5. The fourth-order valence-electron chi connectivity index (χ4n) is 4.36. The van der Waals surface area contributed by atoms with Crippen LogP contribution in [0.5, 0.6) is 5.75 Å². The summed E-state index contributed by atoms with van der Waals surface area (Å²) in [6, 6.07) is 6.60. The number of nitrogens with zero attached hydrogens (tertiary/aromatic N) is 3. The Labute approximate surface area is 163 Å². The van der Waals surface area contributed by atoms with E-state index in [0.29, 0.717) is 24.3 Å². The van der Waals surface area contributed by atoms with Gasteiger partial charge >= 0.3 is 5.97 Å². The molecule has 2 aromatic rings. The molecule has 1 amide bonds. The van der Waals surface area contributed by atoms with E-state index < -0.39 is 12.0 Å². The summed E-state index contributed by atoms with van der Waals surface area (Å²) in [5.41, 5.74) is 0.987. The van der Waals surface area contributed by atoms with E-state index in [1.54, 1.807) is 18.0 Å². The van der Waals surface area contributed by atoms with E-state index in [1.807, 2.05) is 24.3 Å². The summed E-state index contributed by atoms with van der Waals surface area (Å²) >= 11 is 0. The number of methoxy groups -OCH3 is 1. The van der Waals surface area contributed by atoms with Gasteiger partial charge in [-0.15, -0.1) is 0 Å². The van der Waals surface area contributed by atoms with E-state index in [4.69, 9.17) is 4.74 Å². The number of para-hydroxylation sites is 2. The molecule has 2 fully saturated rings. The number of hydrogen-bond donors (Lipinski definition) is 2. The monoisotopic (exact) mass is 384 g/mol. The summed E-state index contributed by atoms with van der Waals surface area (Å²) in [5, 5.41) is 17.3. The van der Waals surface area contributed by atoms with Crippen LogP contribution in [-0.4, -0.2) is 64.4 Å². The molecule has 8 nitrogen and oxygen atoms in total. The molecule has 2 aliphatic rings. The van der Waals surface area contributed by atoms with Gasteiger partial charge in [0.1, 0.15) is 17.5 Å². The van der Waals surface area contributed by atoms with Gasteiger partial charge in [-0.25, -0.2) is 9.48 Å². The Balaban J connectivity index is 1.60. The number of likely N-dealkylation sites (tertiary alicyclic amines) is 1. The molecule has 8 heteroatoms. The van der Waals surface area contributed by atoms with Crippen molar-refractivity contribution >= 4 is 11.9 Å². The first-order valence-electron chi connectivity index (χ1n) is 9.46. The molecule has 1 atom stereocenters. The van der Waals surface area contributed by atoms with Gasteiger partial charge in [0.15, 0.2) is 0 Å². The molecule has 1 aromatic carbocycles. The average molecular weight is 384 g/mol. The lowest BCUT2D eigenvalue weighted by molar-refractivity contribution is -0.141. The Bertz CT molecular complexity index is 888. The molecule has 4 rings (SSSR count). The second kappa shape index (κ2) is 7.27. The molecule has 0 unspecified atom stereocenters. The molecule has 1 spiro atoms. The Morgan fingerprint density at radius 3 is 2.75 bits per heavy atom. The van der Waals surface area contributed by atoms with Crippen LogP contribution >= 0.6 is 0 Å². The van der Waals surface area contributed by atoms with Crippen molar-refractivity contribution in [2.24, 2.45) is 5.41 Å². The van der Waals surface area contributed by atoms with Gasteiger partial charge in [-0.1, -0.05) is 12.1 Å². The number of benzene rings is 1. The second-order valence-corrected chi connectivity index (χ2v) is 7.59. The molecule has 0 aliphatic carbocycles. The highest BCUT2D eigenvalue weighted by molar-refractivity contribution is 5.96. The van der Waals surface area contributed by atoms with Crippen molar-refractivity contribution in [3.63, 3.8) is 0 Å². The summed E-state index contributed by atoms with van der Waals surface area (Å²) in [6.07, 6.45) is 5.41. The molecule has 0 radical (unpaired) electrons. The molecule has 2 saturated heterocycles. The topological polar surface area (TPSA) is 96.7 Å². The minimum Gasteiger partial charge on any atom is -0.494 e. The van der Waals surface area contributed by atoms with E-state index in [9.17, 15) is 14.7 Å². The SMILES string of the molecule is COc1ccccc1-n1cc(C(=O)N2CC3(CCNCC3)C[C@@H]2C(=O)O)cn1. The van der Waals surface area contributed by atoms with Crippen LogP contribution in [0.4, 0.5) is 0 Å². The van der Waals surface area contributed by atoms with Gasteiger partial charge in [-0.05, 0) is 49.9 Å². The third kappa shape index (κ3) is 3.24. The second-order valence-electron chi connectivity index (χ2n) is 7.59. The van der Waals surface area contributed by atoms with Gasteiger partial charge < -0.3 is 20.1 Å². The Hall–Kier alpha value is -2.87. The van der Waals surface area contributed by atoms with E-state index in [-0.39, 0.29) is 11.3 Å². The summed E-state index contributed by atoms with van der Waals surface area (Å²) in [5.74, 6) is -0.590. The van der Waals surface area contributed by atoms with Crippen LogP contribution in [0.3, 0.4) is 0 Å². The third-order valence-corrected chi connectivity index (χ3v) is 5.88. The number of carbonyl (C=O) groups is 2. The van der Waals surface area contributed by atoms with Crippen LogP contribution < -0.4 is 10.1 Å². The number of ether oxygens (including phenoxy) is 1. The molecule has 0 saturated carbocycles. The normalized spacial score (nSPS) is 21.0.